The molecule has 2 aromatic heterocycles. The second-order valence-electron chi connectivity index (χ2n) is 7.74. The number of aromatic nitrogens is 4. The van der Waals surface area contributed by atoms with Crippen molar-refractivity contribution in [3.63, 3.8) is 0 Å². The number of nitrogens with one attached hydrogen (secondary N) is 1. The molecule has 0 aromatic carbocycles. The van der Waals surface area contributed by atoms with Gasteiger partial charge in [0.25, 0.3) is 5.56 Å². The van der Waals surface area contributed by atoms with Gasteiger partial charge in [0.15, 0.2) is 11.2 Å². The molecule has 152 valence electrons. The molecule has 2 heterocycles. The van der Waals surface area contributed by atoms with E-state index in [-0.39, 0.29) is 0 Å². The summed E-state index contributed by atoms with van der Waals surface area (Å²) in [4.78, 5) is 30.7. The summed E-state index contributed by atoms with van der Waals surface area (Å²) in [5, 5.41) is 0. The van der Waals surface area contributed by atoms with E-state index in [0.29, 0.717) is 17.6 Å². The Kier molecular flexibility index (Phi) is 7.38. The molecule has 0 aliphatic rings. The van der Waals surface area contributed by atoms with E-state index in [1.165, 1.54) is 21.3 Å². The van der Waals surface area contributed by atoms with Crippen LogP contribution in [-0.2, 0) is 20.5 Å². The van der Waals surface area contributed by atoms with Gasteiger partial charge in [0.1, 0.15) is 5.82 Å². The maximum atomic E-state index is 12.1. The van der Waals surface area contributed by atoms with Gasteiger partial charge in [0.05, 0.1) is 0 Å². The molecule has 2 rings (SSSR count). The molecule has 2 aromatic rings. The number of imidazole rings is 1. The van der Waals surface area contributed by atoms with E-state index >= 15 is 0 Å². The first-order valence-electron chi connectivity index (χ1n) is 9.80. The van der Waals surface area contributed by atoms with Gasteiger partial charge in [0, 0.05) is 20.5 Å². The molecule has 0 fully saturated rings. The molecular weight excluding hydrogens is 352 g/mol. The monoisotopic (exact) mass is 384 g/mol. The van der Waals surface area contributed by atoms with Crippen LogP contribution in [0.25, 0.3) is 11.2 Å². The lowest BCUT2D eigenvalue weighted by atomic mass is 10.1. The molecule has 0 bridgehead atoms. The van der Waals surface area contributed by atoms with Gasteiger partial charge in [-0.2, -0.15) is 0 Å². The van der Waals surface area contributed by atoms with Crippen LogP contribution < -0.4 is 11.2 Å². The third kappa shape index (κ3) is 5.44. The number of H-pyrrole nitrogens is 1. The highest BCUT2D eigenvalue weighted by atomic mass is 16.2. The van der Waals surface area contributed by atoms with Crippen molar-refractivity contribution in [3.8, 4) is 0 Å². The zero-order valence-electron chi connectivity index (χ0n) is 17.9. The number of aromatic amines is 1. The maximum Gasteiger partial charge on any atom is 0.329 e. The van der Waals surface area contributed by atoms with Crippen LogP contribution in [0.15, 0.2) is 44.5 Å². The normalized spacial score (nSPS) is 12.6. The Morgan fingerprint density at radius 2 is 1.54 bits per heavy atom. The van der Waals surface area contributed by atoms with Crippen molar-refractivity contribution in [2.45, 2.75) is 59.8 Å². The minimum Gasteiger partial charge on any atom is -0.325 e. The molecule has 0 aliphatic carbocycles. The summed E-state index contributed by atoms with van der Waals surface area (Å²) in [5.74, 6) is 0.773. The number of hydrogen-bond acceptors (Lipinski definition) is 3. The van der Waals surface area contributed by atoms with Crippen LogP contribution in [0, 0.1) is 0 Å². The standard InChI is InChI=1S/C22H32N4O2/c1-15(2)9-7-10-16(3)11-8-12-17(4)13-14-18-23-20-19(25(18)5)21(27)24-22(28)26(20)6/h9,11,13H,7-8,10,12,14H2,1-6H3,(H,24,27,28). The van der Waals surface area contributed by atoms with Gasteiger partial charge in [-0.05, 0) is 53.4 Å². The summed E-state index contributed by atoms with van der Waals surface area (Å²) >= 11 is 0. The molecule has 0 unspecified atom stereocenters. The van der Waals surface area contributed by atoms with Crippen molar-refractivity contribution in [2.75, 3.05) is 0 Å². The highest BCUT2D eigenvalue weighted by Gasteiger charge is 2.13. The van der Waals surface area contributed by atoms with Gasteiger partial charge in [-0.3, -0.25) is 14.3 Å². The van der Waals surface area contributed by atoms with E-state index < -0.39 is 11.2 Å². The van der Waals surface area contributed by atoms with Gasteiger partial charge >= 0.3 is 5.69 Å². The van der Waals surface area contributed by atoms with Gasteiger partial charge in [-0.1, -0.05) is 34.9 Å². The van der Waals surface area contributed by atoms with Crippen molar-refractivity contribution >= 4 is 11.2 Å². The average Bonchev–Trinajstić information content (AvgIpc) is 2.95. The molecule has 6 nitrogen and oxygen atoms in total. The number of rotatable bonds is 8. The van der Waals surface area contributed by atoms with E-state index in [2.05, 4.69) is 55.9 Å². The summed E-state index contributed by atoms with van der Waals surface area (Å²) in [6.07, 6.45) is 11.6. The quantitative estimate of drug-likeness (QED) is 0.701. The van der Waals surface area contributed by atoms with Gasteiger partial charge in [0.2, 0.25) is 0 Å². The van der Waals surface area contributed by atoms with Crippen molar-refractivity contribution in [1.29, 1.82) is 0 Å². The van der Waals surface area contributed by atoms with Crippen molar-refractivity contribution < 1.29 is 0 Å². The lowest BCUT2D eigenvalue weighted by molar-refractivity contribution is 0.828. The summed E-state index contributed by atoms with van der Waals surface area (Å²) in [7, 11) is 3.43. The molecule has 28 heavy (non-hydrogen) atoms. The second-order valence-corrected chi connectivity index (χ2v) is 7.74. The fraction of sp³-hybridized carbons (Fsp3) is 0.500. The van der Waals surface area contributed by atoms with Gasteiger partial charge < -0.3 is 4.57 Å². The van der Waals surface area contributed by atoms with E-state index in [1.54, 1.807) is 11.6 Å². The van der Waals surface area contributed by atoms with Crippen molar-refractivity contribution in [2.24, 2.45) is 14.1 Å². The third-order valence-electron chi connectivity index (χ3n) is 4.98. The van der Waals surface area contributed by atoms with Crippen LogP contribution in [-0.4, -0.2) is 19.1 Å². The van der Waals surface area contributed by atoms with Gasteiger partial charge in [-0.15, -0.1) is 0 Å². The first-order valence-corrected chi connectivity index (χ1v) is 9.80. The lowest BCUT2D eigenvalue weighted by Crippen LogP contribution is -2.29. The van der Waals surface area contributed by atoms with Crippen molar-refractivity contribution in [1.82, 2.24) is 19.1 Å². The number of nitrogens with zero attached hydrogens (tertiary/aromatic N) is 3. The van der Waals surface area contributed by atoms with E-state index in [4.69, 9.17) is 0 Å². The molecular formula is C22H32N4O2. The number of hydrogen-bond donors (Lipinski definition) is 1. The van der Waals surface area contributed by atoms with Gasteiger partial charge in [-0.25, -0.2) is 9.78 Å². The summed E-state index contributed by atoms with van der Waals surface area (Å²) in [5.41, 5.74) is 4.11. The molecule has 1 N–H and O–H groups in total. The first kappa shape index (κ1) is 21.7. The SMILES string of the molecule is CC(C)=CCCC(C)=CCCC(C)=CCc1nc2c(c(=O)[nH]c(=O)n2C)n1C. The Hall–Kier alpha value is -2.63. The topological polar surface area (TPSA) is 72.7 Å². The Morgan fingerprint density at radius 1 is 0.929 bits per heavy atom. The first-order chi connectivity index (χ1) is 13.2. The molecule has 6 heteroatoms. The van der Waals surface area contributed by atoms with Crippen LogP contribution in [0.1, 0.15) is 59.2 Å². The number of fused-ring (bicyclic) bond motifs is 1. The van der Waals surface area contributed by atoms with Crippen LogP contribution in [0.2, 0.25) is 0 Å². The largest absolute Gasteiger partial charge is 0.329 e. The van der Waals surface area contributed by atoms with Crippen LogP contribution >= 0.6 is 0 Å². The van der Waals surface area contributed by atoms with Crippen LogP contribution in [0.5, 0.6) is 0 Å². The minimum absolute atomic E-state index is 0.395. The van der Waals surface area contributed by atoms with Crippen molar-refractivity contribution in [3.05, 3.63) is 61.6 Å². The number of allylic oxidation sites excluding steroid dienone is 6. The Bertz CT molecular complexity index is 1040. The molecule has 0 saturated carbocycles. The highest BCUT2D eigenvalue weighted by Crippen LogP contribution is 2.14. The average molecular weight is 385 g/mol. The number of aryl methyl sites for hydroxylation is 2. The lowest BCUT2D eigenvalue weighted by Gasteiger charge is -2.02. The second kappa shape index (κ2) is 9.53. The minimum atomic E-state index is -0.444. The molecule has 0 saturated heterocycles. The summed E-state index contributed by atoms with van der Waals surface area (Å²) in [6.45, 7) is 8.58. The molecule has 0 aliphatic heterocycles. The fourth-order valence-corrected chi connectivity index (χ4v) is 3.14. The molecule has 0 radical (unpaired) electrons. The predicted octanol–water partition coefficient (Wildman–Crippen LogP) is 3.92. The Morgan fingerprint density at radius 3 is 2.18 bits per heavy atom. The van der Waals surface area contributed by atoms with Crippen LogP contribution in [0.3, 0.4) is 0 Å². The molecule has 0 amide bonds. The smallest absolute Gasteiger partial charge is 0.325 e. The zero-order valence-corrected chi connectivity index (χ0v) is 17.9. The molecule has 0 atom stereocenters. The Labute approximate surface area is 166 Å². The predicted molar refractivity (Wildman–Crippen MR) is 116 cm³/mol. The fourth-order valence-electron chi connectivity index (χ4n) is 3.14. The van der Waals surface area contributed by atoms with E-state index in [9.17, 15) is 9.59 Å². The third-order valence-corrected chi connectivity index (χ3v) is 4.98. The summed E-state index contributed by atoms with van der Waals surface area (Å²) in [6, 6.07) is 0. The van der Waals surface area contributed by atoms with Crippen LogP contribution in [0.4, 0.5) is 0 Å². The molecule has 0 spiro atoms. The Balaban J connectivity index is 2.02. The van der Waals surface area contributed by atoms with E-state index in [1.807, 2.05) is 7.05 Å². The summed E-state index contributed by atoms with van der Waals surface area (Å²) < 4.78 is 3.14. The zero-order chi connectivity index (χ0) is 20.8. The maximum absolute atomic E-state index is 12.1. The highest BCUT2D eigenvalue weighted by molar-refractivity contribution is 5.70. The van der Waals surface area contributed by atoms with E-state index in [0.717, 1.165) is 31.5 Å².